The summed E-state index contributed by atoms with van der Waals surface area (Å²) >= 11 is 0. The maximum Gasteiger partial charge on any atom is 0.248 e. The largest absolute Gasteiger partial charge is 0.495 e. The third-order valence-electron chi connectivity index (χ3n) is 2.80. The van der Waals surface area contributed by atoms with E-state index < -0.39 is 0 Å². The van der Waals surface area contributed by atoms with E-state index in [2.05, 4.69) is 5.32 Å². The number of amides is 1. The number of hydrogen-bond acceptors (Lipinski definition) is 3. The molecule has 0 aliphatic carbocycles. The summed E-state index contributed by atoms with van der Waals surface area (Å²) in [6, 6.07) is 10.8. The molecule has 0 radical (unpaired) electrons. The lowest BCUT2D eigenvalue weighted by Crippen LogP contribution is -2.08. The number of nitrogen functional groups attached to an aromatic ring is 1. The van der Waals surface area contributed by atoms with Crippen LogP contribution < -0.4 is 15.8 Å². The van der Waals surface area contributed by atoms with Gasteiger partial charge in [-0.05, 0) is 35.9 Å². The number of rotatable bonds is 4. The molecule has 0 bridgehead atoms. The van der Waals surface area contributed by atoms with Crippen LogP contribution in [0.2, 0.25) is 0 Å². The molecule has 0 fully saturated rings. The second-order valence-electron chi connectivity index (χ2n) is 4.33. The lowest BCUT2D eigenvalue weighted by Gasteiger charge is -2.07. The first-order valence-electron chi connectivity index (χ1n) is 6.26. The zero-order valence-electron chi connectivity index (χ0n) is 11.5. The van der Waals surface area contributed by atoms with Crippen LogP contribution in [0.3, 0.4) is 0 Å². The van der Waals surface area contributed by atoms with Crippen LogP contribution in [0.1, 0.15) is 5.56 Å². The quantitative estimate of drug-likeness (QED) is 0.670. The van der Waals surface area contributed by atoms with Crippen molar-refractivity contribution < 1.29 is 13.9 Å². The second kappa shape index (κ2) is 6.56. The second-order valence-corrected chi connectivity index (χ2v) is 4.33. The van der Waals surface area contributed by atoms with E-state index in [4.69, 9.17) is 10.5 Å². The predicted molar refractivity (Wildman–Crippen MR) is 81.5 cm³/mol. The van der Waals surface area contributed by atoms with Gasteiger partial charge in [-0.25, -0.2) is 4.39 Å². The van der Waals surface area contributed by atoms with E-state index in [0.717, 1.165) is 5.56 Å². The zero-order valence-corrected chi connectivity index (χ0v) is 11.5. The highest BCUT2D eigenvalue weighted by Crippen LogP contribution is 2.24. The van der Waals surface area contributed by atoms with Gasteiger partial charge in [0.2, 0.25) is 5.91 Å². The molecular formula is C16H15FN2O2. The minimum atomic E-state index is -0.314. The van der Waals surface area contributed by atoms with Crippen molar-refractivity contribution in [1.29, 1.82) is 0 Å². The van der Waals surface area contributed by atoms with E-state index in [9.17, 15) is 9.18 Å². The van der Waals surface area contributed by atoms with E-state index >= 15 is 0 Å². The van der Waals surface area contributed by atoms with E-state index in [0.29, 0.717) is 17.1 Å². The molecule has 4 nitrogen and oxygen atoms in total. The van der Waals surface area contributed by atoms with Gasteiger partial charge in [0, 0.05) is 17.8 Å². The number of anilines is 2. The highest BCUT2D eigenvalue weighted by atomic mass is 19.1. The number of carbonyl (C=O) groups excluding carboxylic acids is 1. The molecule has 0 spiro atoms. The molecule has 0 saturated heterocycles. The Morgan fingerprint density at radius 3 is 2.62 bits per heavy atom. The Bertz CT molecular complexity index is 666. The van der Waals surface area contributed by atoms with Gasteiger partial charge in [0.05, 0.1) is 12.8 Å². The fraction of sp³-hybridized carbons (Fsp3) is 0.0625. The molecule has 2 rings (SSSR count). The summed E-state index contributed by atoms with van der Waals surface area (Å²) in [5.41, 5.74) is 7.51. The van der Waals surface area contributed by atoms with Gasteiger partial charge >= 0.3 is 0 Å². The van der Waals surface area contributed by atoms with Crippen LogP contribution in [0.4, 0.5) is 15.8 Å². The molecule has 2 aromatic rings. The third kappa shape index (κ3) is 4.07. The van der Waals surface area contributed by atoms with Gasteiger partial charge in [-0.15, -0.1) is 0 Å². The van der Waals surface area contributed by atoms with Crippen molar-refractivity contribution in [3.63, 3.8) is 0 Å². The smallest absolute Gasteiger partial charge is 0.248 e. The van der Waals surface area contributed by atoms with Gasteiger partial charge in [-0.1, -0.05) is 12.1 Å². The molecular weight excluding hydrogens is 271 g/mol. The van der Waals surface area contributed by atoms with Gasteiger partial charge < -0.3 is 15.8 Å². The summed E-state index contributed by atoms with van der Waals surface area (Å²) in [5.74, 6) is -0.118. The number of hydrogen-bond donors (Lipinski definition) is 2. The number of halogens is 1. The molecule has 0 unspecified atom stereocenters. The van der Waals surface area contributed by atoms with Crippen molar-refractivity contribution in [2.24, 2.45) is 0 Å². The maximum absolute atomic E-state index is 12.8. The average Bonchev–Trinajstić information content (AvgIpc) is 2.48. The third-order valence-corrected chi connectivity index (χ3v) is 2.80. The molecule has 108 valence electrons. The van der Waals surface area contributed by atoms with Crippen molar-refractivity contribution in [3.8, 4) is 5.75 Å². The first kappa shape index (κ1) is 14.6. The van der Waals surface area contributed by atoms with E-state index in [1.807, 2.05) is 0 Å². The zero-order chi connectivity index (χ0) is 15.2. The van der Waals surface area contributed by atoms with Crippen LogP contribution >= 0.6 is 0 Å². The number of nitrogens with one attached hydrogen (secondary N) is 1. The number of benzene rings is 2. The van der Waals surface area contributed by atoms with Gasteiger partial charge in [-0.2, -0.15) is 0 Å². The summed E-state index contributed by atoms with van der Waals surface area (Å²) in [5, 5.41) is 2.69. The van der Waals surface area contributed by atoms with Crippen molar-refractivity contribution in [2.75, 3.05) is 18.2 Å². The summed E-state index contributed by atoms with van der Waals surface area (Å²) in [6.45, 7) is 0. The topological polar surface area (TPSA) is 64.3 Å². The summed E-state index contributed by atoms with van der Waals surface area (Å²) < 4.78 is 17.8. The fourth-order valence-electron chi connectivity index (χ4n) is 1.72. The van der Waals surface area contributed by atoms with Crippen molar-refractivity contribution in [1.82, 2.24) is 0 Å². The lowest BCUT2D eigenvalue weighted by molar-refractivity contribution is -0.111. The van der Waals surface area contributed by atoms with Gasteiger partial charge in [-0.3, -0.25) is 4.79 Å². The maximum atomic E-state index is 12.8. The number of carbonyl (C=O) groups is 1. The van der Waals surface area contributed by atoms with Crippen LogP contribution in [0, 0.1) is 5.82 Å². The minimum absolute atomic E-state index is 0.300. The van der Waals surface area contributed by atoms with Crippen LogP contribution in [-0.4, -0.2) is 13.0 Å². The van der Waals surface area contributed by atoms with Crippen LogP contribution in [0.25, 0.3) is 6.08 Å². The molecule has 0 heterocycles. The molecule has 0 saturated carbocycles. The lowest BCUT2D eigenvalue weighted by atomic mass is 10.2. The Balaban J connectivity index is 2.03. The van der Waals surface area contributed by atoms with Crippen molar-refractivity contribution >= 4 is 23.4 Å². The van der Waals surface area contributed by atoms with Gasteiger partial charge in [0.15, 0.2) is 0 Å². The van der Waals surface area contributed by atoms with Crippen molar-refractivity contribution in [2.45, 2.75) is 0 Å². The molecule has 0 aliphatic heterocycles. The normalized spacial score (nSPS) is 10.6. The molecule has 0 aliphatic rings. The Morgan fingerprint density at radius 2 is 1.95 bits per heavy atom. The van der Waals surface area contributed by atoms with Crippen LogP contribution in [-0.2, 0) is 4.79 Å². The highest BCUT2D eigenvalue weighted by molar-refractivity contribution is 6.02. The summed E-state index contributed by atoms with van der Waals surface area (Å²) in [7, 11) is 1.51. The standard InChI is InChI=1S/C16H15FN2O2/c1-21-15-10-13(7-8-14(15)18)19-16(20)9-4-11-2-5-12(17)6-3-11/h2-10H,18H2,1H3,(H,19,20). The number of methoxy groups -OCH3 is 1. The molecule has 0 aromatic heterocycles. The fourth-order valence-corrected chi connectivity index (χ4v) is 1.72. The van der Waals surface area contributed by atoms with E-state index in [-0.39, 0.29) is 11.7 Å². The number of ether oxygens (including phenoxy) is 1. The molecule has 5 heteroatoms. The Kier molecular flexibility index (Phi) is 4.56. The molecule has 21 heavy (non-hydrogen) atoms. The first-order chi connectivity index (χ1) is 10.1. The molecule has 1 amide bonds. The van der Waals surface area contributed by atoms with Crippen LogP contribution in [0.5, 0.6) is 5.75 Å². The Hall–Kier alpha value is -2.82. The van der Waals surface area contributed by atoms with Gasteiger partial charge in [0.25, 0.3) is 0 Å². The van der Waals surface area contributed by atoms with Crippen molar-refractivity contribution in [3.05, 3.63) is 59.9 Å². The SMILES string of the molecule is COc1cc(NC(=O)C=Cc2ccc(F)cc2)ccc1N. The van der Waals surface area contributed by atoms with E-state index in [1.54, 1.807) is 36.4 Å². The first-order valence-corrected chi connectivity index (χ1v) is 6.26. The van der Waals surface area contributed by atoms with E-state index in [1.165, 1.54) is 25.3 Å². The Morgan fingerprint density at radius 1 is 1.24 bits per heavy atom. The average molecular weight is 286 g/mol. The van der Waals surface area contributed by atoms with Crippen LogP contribution in [0.15, 0.2) is 48.5 Å². The number of nitrogens with two attached hydrogens (primary N) is 1. The molecule has 2 aromatic carbocycles. The molecule has 3 N–H and O–H groups in total. The van der Waals surface area contributed by atoms with Gasteiger partial charge in [0.1, 0.15) is 11.6 Å². The predicted octanol–water partition coefficient (Wildman–Crippen LogP) is 3.07. The Labute approximate surface area is 122 Å². The molecule has 0 atom stereocenters. The highest BCUT2D eigenvalue weighted by Gasteiger charge is 2.03. The monoisotopic (exact) mass is 286 g/mol. The summed E-state index contributed by atoms with van der Waals surface area (Å²) in [4.78, 5) is 11.8. The minimum Gasteiger partial charge on any atom is -0.495 e. The summed E-state index contributed by atoms with van der Waals surface area (Å²) in [6.07, 6.45) is 2.97.